The predicted molar refractivity (Wildman–Crippen MR) is 116 cm³/mol. The van der Waals surface area contributed by atoms with Crippen LogP contribution >= 0.6 is 11.8 Å². The van der Waals surface area contributed by atoms with Crippen molar-refractivity contribution in [3.8, 4) is 0 Å². The molecule has 8 heteroatoms. The fourth-order valence-corrected chi connectivity index (χ4v) is 4.95. The molecule has 1 aliphatic heterocycles. The number of sulfonamides is 1. The number of carbonyl (C=O) groups excluding carboxylic acids is 1. The fraction of sp³-hybridized carbons (Fsp3) is 0.381. The number of nitrogens with zero attached hydrogens (tertiary/aromatic N) is 1. The minimum absolute atomic E-state index is 0.00229. The molecule has 6 nitrogen and oxygen atoms in total. The maximum atomic E-state index is 13.3. The van der Waals surface area contributed by atoms with E-state index in [0.29, 0.717) is 18.8 Å². The molecule has 0 spiro atoms. The van der Waals surface area contributed by atoms with Crippen molar-refractivity contribution in [2.45, 2.75) is 35.7 Å². The standard InChI is InChI=1S/C21H26N2O4S2/c1-16-5-7-17(8-6-16)23(15-21(24)22-14-18-4-3-13-27-18)29(25,26)20-11-9-19(28-2)10-12-20/h5-12,18H,3-4,13-15H2,1-2H3,(H,22,24)/t18-/m0/s1. The average Bonchev–Trinajstić information content (AvgIpc) is 3.25. The van der Waals surface area contributed by atoms with Gasteiger partial charge in [-0.2, -0.15) is 0 Å². The van der Waals surface area contributed by atoms with Crippen molar-refractivity contribution in [1.82, 2.24) is 5.32 Å². The smallest absolute Gasteiger partial charge is 0.264 e. The van der Waals surface area contributed by atoms with E-state index in [1.54, 1.807) is 36.4 Å². The van der Waals surface area contributed by atoms with E-state index in [1.807, 2.05) is 25.3 Å². The molecule has 1 heterocycles. The molecule has 0 unspecified atom stereocenters. The van der Waals surface area contributed by atoms with E-state index in [0.717, 1.165) is 27.6 Å². The number of hydrogen-bond acceptors (Lipinski definition) is 5. The highest BCUT2D eigenvalue weighted by atomic mass is 32.2. The Morgan fingerprint density at radius 3 is 2.45 bits per heavy atom. The van der Waals surface area contributed by atoms with E-state index < -0.39 is 10.0 Å². The highest BCUT2D eigenvalue weighted by Crippen LogP contribution is 2.25. The van der Waals surface area contributed by atoms with Crippen LogP contribution in [0, 0.1) is 6.92 Å². The SMILES string of the molecule is CSc1ccc(S(=O)(=O)N(CC(=O)NC[C@@H]2CCCO2)c2ccc(C)cc2)cc1. The van der Waals surface area contributed by atoms with E-state index in [9.17, 15) is 13.2 Å². The van der Waals surface area contributed by atoms with Crippen LogP contribution < -0.4 is 9.62 Å². The van der Waals surface area contributed by atoms with Crippen LogP contribution in [0.25, 0.3) is 0 Å². The molecule has 1 N–H and O–H groups in total. The average molecular weight is 435 g/mol. The van der Waals surface area contributed by atoms with Crippen molar-refractivity contribution in [1.29, 1.82) is 0 Å². The summed E-state index contributed by atoms with van der Waals surface area (Å²) in [6.07, 6.45) is 3.82. The van der Waals surface area contributed by atoms with Crippen molar-refractivity contribution in [2.75, 3.05) is 30.3 Å². The zero-order valence-electron chi connectivity index (χ0n) is 16.6. The number of ether oxygens (including phenoxy) is 1. The summed E-state index contributed by atoms with van der Waals surface area (Å²) < 4.78 is 33.3. The zero-order chi connectivity index (χ0) is 20.9. The molecule has 0 aliphatic carbocycles. The van der Waals surface area contributed by atoms with Crippen molar-refractivity contribution < 1.29 is 17.9 Å². The molecule has 1 atom stereocenters. The molecule has 1 saturated heterocycles. The van der Waals surface area contributed by atoms with E-state index in [2.05, 4.69) is 5.32 Å². The van der Waals surface area contributed by atoms with Crippen molar-refractivity contribution in [3.05, 3.63) is 54.1 Å². The molecule has 2 aromatic rings. The summed E-state index contributed by atoms with van der Waals surface area (Å²) in [7, 11) is -3.89. The molecule has 2 aromatic carbocycles. The highest BCUT2D eigenvalue weighted by molar-refractivity contribution is 7.98. The van der Waals surface area contributed by atoms with Gasteiger partial charge in [0, 0.05) is 18.0 Å². The summed E-state index contributed by atoms with van der Waals surface area (Å²) in [5.41, 5.74) is 1.47. The maximum Gasteiger partial charge on any atom is 0.264 e. The van der Waals surface area contributed by atoms with Crippen LogP contribution in [0.15, 0.2) is 58.3 Å². The monoisotopic (exact) mass is 434 g/mol. The molecule has 3 rings (SSSR count). The number of aryl methyl sites for hydroxylation is 1. The molecule has 1 aliphatic rings. The number of thioether (sulfide) groups is 1. The van der Waals surface area contributed by atoms with Gasteiger partial charge in [-0.25, -0.2) is 8.42 Å². The molecule has 1 amide bonds. The van der Waals surface area contributed by atoms with Crippen molar-refractivity contribution in [2.24, 2.45) is 0 Å². The first-order chi connectivity index (χ1) is 13.9. The third kappa shape index (κ3) is 5.52. The first kappa shape index (κ1) is 21.7. The number of amides is 1. The van der Waals surface area contributed by atoms with Crippen LogP contribution in [0.2, 0.25) is 0 Å². The van der Waals surface area contributed by atoms with E-state index in [1.165, 1.54) is 11.8 Å². The van der Waals surface area contributed by atoms with E-state index in [4.69, 9.17) is 4.74 Å². The van der Waals surface area contributed by atoms with Gasteiger partial charge in [-0.1, -0.05) is 17.7 Å². The lowest BCUT2D eigenvalue weighted by molar-refractivity contribution is -0.120. The van der Waals surface area contributed by atoms with Crippen LogP contribution in [-0.2, 0) is 19.6 Å². The number of hydrogen-bond donors (Lipinski definition) is 1. The second-order valence-corrected chi connectivity index (χ2v) is 9.70. The Hall–Kier alpha value is -2.03. The lowest BCUT2D eigenvalue weighted by Gasteiger charge is -2.24. The highest BCUT2D eigenvalue weighted by Gasteiger charge is 2.27. The van der Waals surface area contributed by atoms with E-state index in [-0.39, 0.29) is 23.5 Å². The van der Waals surface area contributed by atoms with Crippen LogP contribution in [0.3, 0.4) is 0 Å². The predicted octanol–water partition coefficient (Wildman–Crippen LogP) is 3.21. The quantitative estimate of drug-likeness (QED) is 0.646. The van der Waals surface area contributed by atoms with Crippen LogP contribution in [0.5, 0.6) is 0 Å². The number of carbonyl (C=O) groups is 1. The van der Waals surface area contributed by atoms with Gasteiger partial charge >= 0.3 is 0 Å². The summed E-state index contributed by atoms with van der Waals surface area (Å²) >= 11 is 1.54. The maximum absolute atomic E-state index is 13.3. The molecule has 0 saturated carbocycles. The molecule has 1 fully saturated rings. The Balaban J connectivity index is 1.83. The van der Waals surface area contributed by atoms with Crippen molar-refractivity contribution in [3.63, 3.8) is 0 Å². The molecular formula is C21H26N2O4S2. The molecule has 29 heavy (non-hydrogen) atoms. The number of nitrogens with one attached hydrogen (secondary N) is 1. The number of rotatable bonds is 8. The molecule has 0 aromatic heterocycles. The first-order valence-electron chi connectivity index (χ1n) is 9.52. The summed E-state index contributed by atoms with van der Waals surface area (Å²) in [4.78, 5) is 13.7. The van der Waals surface area contributed by atoms with Gasteiger partial charge in [-0.05, 0) is 62.4 Å². The first-order valence-corrected chi connectivity index (χ1v) is 12.2. The second-order valence-electron chi connectivity index (χ2n) is 6.96. The number of benzene rings is 2. The van der Waals surface area contributed by atoms with Gasteiger partial charge in [0.2, 0.25) is 5.91 Å². The number of anilines is 1. The molecule has 156 valence electrons. The van der Waals surface area contributed by atoms with Gasteiger partial charge in [0.1, 0.15) is 6.54 Å². The molecule has 0 radical (unpaired) electrons. The lowest BCUT2D eigenvalue weighted by Crippen LogP contribution is -2.42. The third-order valence-corrected chi connectivity index (χ3v) is 7.34. The minimum atomic E-state index is -3.89. The van der Waals surface area contributed by atoms with Crippen LogP contribution in [0.4, 0.5) is 5.69 Å². The summed E-state index contributed by atoms with van der Waals surface area (Å²) in [5.74, 6) is -0.356. The van der Waals surface area contributed by atoms with Gasteiger partial charge in [0.15, 0.2) is 0 Å². The fourth-order valence-electron chi connectivity index (χ4n) is 3.12. The Bertz CT molecular complexity index is 922. The normalized spacial score (nSPS) is 16.6. The largest absolute Gasteiger partial charge is 0.376 e. The molecule has 0 bridgehead atoms. The molecular weight excluding hydrogens is 408 g/mol. The Kier molecular flexibility index (Phi) is 7.21. The second kappa shape index (κ2) is 9.65. The van der Waals surface area contributed by atoms with Gasteiger partial charge in [0.25, 0.3) is 10.0 Å². The van der Waals surface area contributed by atoms with Crippen LogP contribution in [-0.4, -0.2) is 46.4 Å². The third-order valence-electron chi connectivity index (χ3n) is 4.81. The minimum Gasteiger partial charge on any atom is -0.376 e. The summed E-state index contributed by atoms with van der Waals surface area (Å²) in [6, 6.07) is 13.8. The summed E-state index contributed by atoms with van der Waals surface area (Å²) in [6.45, 7) is 2.74. The van der Waals surface area contributed by atoms with Gasteiger partial charge < -0.3 is 10.1 Å². The zero-order valence-corrected chi connectivity index (χ0v) is 18.3. The van der Waals surface area contributed by atoms with Crippen LogP contribution in [0.1, 0.15) is 18.4 Å². The Morgan fingerprint density at radius 2 is 1.86 bits per heavy atom. The van der Waals surface area contributed by atoms with Gasteiger partial charge in [-0.15, -0.1) is 11.8 Å². The van der Waals surface area contributed by atoms with Crippen molar-refractivity contribution >= 4 is 33.4 Å². The van der Waals surface area contributed by atoms with Gasteiger partial charge in [-0.3, -0.25) is 9.10 Å². The summed E-state index contributed by atoms with van der Waals surface area (Å²) in [5, 5.41) is 2.80. The van der Waals surface area contributed by atoms with Gasteiger partial charge in [0.05, 0.1) is 16.7 Å². The Labute approximate surface area is 176 Å². The topological polar surface area (TPSA) is 75.7 Å². The lowest BCUT2D eigenvalue weighted by atomic mass is 10.2. The van der Waals surface area contributed by atoms with E-state index >= 15 is 0 Å². The Morgan fingerprint density at radius 1 is 1.17 bits per heavy atom.